The molecule has 0 unspecified atom stereocenters. The van der Waals surface area contributed by atoms with E-state index in [0.29, 0.717) is 41.2 Å². The van der Waals surface area contributed by atoms with Gasteiger partial charge in [0.05, 0.1) is 27.6 Å². The summed E-state index contributed by atoms with van der Waals surface area (Å²) in [5.74, 6) is 2.59. The van der Waals surface area contributed by atoms with Gasteiger partial charge in [0, 0.05) is 90.3 Å². The molecule has 0 radical (unpaired) electrons. The van der Waals surface area contributed by atoms with Crippen LogP contribution in [0.3, 0.4) is 0 Å². The van der Waals surface area contributed by atoms with E-state index in [2.05, 4.69) is 192 Å². The number of pyridine rings is 2. The molecule has 0 amide bonds. The van der Waals surface area contributed by atoms with Gasteiger partial charge >= 0.3 is 0 Å². The molecular formula is C89H58ClN11O2. The van der Waals surface area contributed by atoms with Gasteiger partial charge in [0.2, 0.25) is 11.2 Å². The van der Waals surface area contributed by atoms with Crippen molar-refractivity contribution in [1.82, 2.24) is 53.6 Å². The number of aromatic nitrogens is 11. The van der Waals surface area contributed by atoms with E-state index >= 15 is 0 Å². The molecule has 0 bridgehead atoms. The van der Waals surface area contributed by atoms with Crippen molar-refractivity contribution >= 4 is 77.0 Å². The van der Waals surface area contributed by atoms with Crippen LogP contribution in [0.2, 0.25) is 5.28 Å². The summed E-state index contributed by atoms with van der Waals surface area (Å²) in [7, 11) is 0. The van der Waals surface area contributed by atoms with E-state index in [1.165, 1.54) is 49.4 Å². The molecule has 12 aromatic carbocycles. The first kappa shape index (κ1) is 61.6. The van der Waals surface area contributed by atoms with Crippen LogP contribution in [0.4, 0.5) is 0 Å². The van der Waals surface area contributed by atoms with Crippen LogP contribution in [0.1, 0.15) is 11.1 Å². The third-order valence-corrected chi connectivity index (χ3v) is 19.3. The Balaban J connectivity index is 0.000000124. The molecule has 19 aromatic rings. The molecular weight excluding hydrogens is 1290 g/mol. The lowest BCUT2D eigenvalue weighted by atomic mass is 9.93. The van der Waals surface area contributed by atoms with Gasteiger partial charge in [-0.3, -0.25) is 14.2 Å². The normalized spacial score (nSPS) is 11.6. The fraction of sp³-hybridized carbons (Fsp3) is 0.0112. The van der Waals surface area contributed by atoms with Crippen molar-refractivity contribution in [1.29, 1.82) is 0 Å². The van der Waals surface area contributed by atoms with Gasteiger partial charge in [0.25, 0.3) is 11.1 Å². The highest BCUT2D eigenvalue weighted by Crippen LogP contribution is 2.45. The zero-order valence-electron chi connectivity index (χ0n) is 55.1. The molecule has 0 fully saturated rings. The number of para-hydroxylation sites is 4. The molecule has 103 heavy (non-hydrogen) atoms. The quantitative estimate of drug-likeness (QED) is 0.145. The molecule has 20 rings (SSSR count). The van der Waals surface area contributed by atoms with Crippen LogP contribution in [-0.4, -0.2) is 53.6 Å². The molecule has 0 saturated carbocycles. The summed E-state index contributed by atoms with van der Waals surface area (Å²) in [6, 6.07) is 107. The maximum atomic E-state index is 13.8. The molecule has 0 atom stereocenters. The summed E-state index contributed by atoms with van der Waals surface area (Å²) in [6.07, 6.45) is 4.15. The van der Waals surface area contributed by atoms with E-state index < -0.39 is 0 Å². The Bertz CT molecular complexity index is 6460. The molecule has 0 aliphatic heterocycles. The van der Waals surface area contributed by atoms with Crippen LogP contribution in [-0.2, 0) is 6.42 Å². The van der Waals surface area contributed by atoms with Crippen LogP contribution in [0.25, 0.3) is 162 Å². The summed E-state index contributed by atoms with van der Waals surface area (Å²) in [4.78, 5) is 59.7. The first-order valence-corrected chi connectivity index (χ1v) is 34.3. The van der Waals surface area contributed by atoms with Crippen LogP contribution < -0.4 is 11.1 Å². The molecule has 13 nitrogen and oxygen atoms in total. The zero-order valence-corrected chi connectivity index (χ0v) is 55.9. The fourth-order valence-corrected chi connectivity index (χ4v) is 14.7. The van der Waals surface area contributed by atoms with Crippen LogP contribution in [0, 0.1) is 0 Å². The Hall–Kier alpha value is -13.8. The van der Waals surface area contributed by atoms with Crippen molar-refractivity contribution in [3.05, 3.63) is 365 Å². The lowest BCUT2D eigenvalue weighted by Crippen LogP contribution is -2.12. The lowest BCUT2D eigenvalue weighted by molar-refractivity contribution is 0.948. The highest BCUT2D eigenvalue weighted by atomic mass is 35.5. The maximum absolute atomic E-state index is 13.8. The van der Waals surface area contributed by atoms with E-state index in [4.69, 9.17) is 26.6 Å². The number of nitrogens with one attached hydrogen (secondary N) is 2. The van der Waals surface area contributed by atoms with E-state index in [9.17, 15) is 9.59 Å². The summed E-state index contributed by atoms with van der Waals surface area (Å²) in [5.41, 5.74) is 20.3. The van der Waals surface area contributed by atoms with Gasteiger partial charge in [-0.1, -0.05) is 237 Å². The van der Waals surface area contributed by atoms with Gasteiger partial charge in [-0.05, 0) is 129 Å². The number of benzene rings is 12. The third-order valence-electron chi connectivity index (χ3n) is 19.1. The third kappa shape index (κ3) is 11.2. The molecule has 0 spiro atoms. The molecule has 0 saturated heterocycles. The predicted octanol–water partition coefficient (Wildman–Crippen LogP) is 20.3. The number of aromatic amines is 2. The summed E-state index contributed by atoms with van der Waals surface area (Å²) < 4.78 is 6.53. The van der Waals surface area contributed by atoms with E-state index in [-0.39, 0.29) is 16.4 Å². The Kier molecular flexibility index (Phi) is 15.6. The Labute approximate surface area is 594 Å². The number of halogens is 1. The molecule has 488 valence electrons. The minimum Gasteiger partial charge on any atom is -0.329 e. The topological polar surface area (TPSA) is 158 Å². The van der Waals surface area contributed by atoms with Crippen molar-refractivity contribution in [2.45, 2.75) is 6.42 Å². The van der Waals surface area contributed by atoms with E-state index in [1.54, 1.807) is 12.4 Å². The van der Waals surface area contributed by atoms with E-state index in [1.807, 2.05) is 162 Å². The lowest BCUT2D eigenvalue weighted by Gasteiger charge is -2.11. The van der Waals surface area contributed by atoms with Crippen molar-refractivity contribution in [2.75, 3.05) is 0 Å². The highest BCUT2D eigenvalue weighted by molar-refractivity contribution is 6.28. The standard InChI is InChI=1S/C44H28N6O.C30H20N2O.C15H10ClN3/c51-43-40-34(25-26-45-43)39-32(30-23-24-37-35(27-30)33-19-10-11-21-36(33)49(37)31-17-8-3-9-18-31)20-12-22-38(39)50(40)44-47-41(28-13-4-1-5-14-28)46-42(48-44)29-15-6-2-7-16-29;33-30-26-18-20-7-6-11-22(29(20)24(26)15-16-31-30)19-13-14-28-25(17-19)23-10-4-5-12-27(23)32(28)21-8-2-1-3-9-21;16-15-18-13(11-7-3-1-4-8-11)17-14(19-15)12-9-5-2-6-10-12/h1-27H,(H,45,51);1-17H,18H2,(H,31,33);1-10H. The van der Waals surface area contributed by atoms with E-state index in [0.717, 1.165) is 88.6 Å². The van der Waals surface area contributed by atoms with Gasteiger partial charge in [-0.2, -0.15) is 19.9 Å². The SMILES string of the molecule is Clc1nc(-c2ccccc2)nc(-c2ccccc2)n1.O=c1[nH]ccc2c1Cc1cccc(-c3ccc4c(c3)c3ccccc3n4-c3ccccc3)c1-2.O=c1[nH]ccc2c3c(-c4ccc5c(c4)c4ccccc4n5-c4ccccc4)cccc3n(-c3nc(-c4ccccc4)nc(-c4ccccc4)n3)c12. The fourth-order valence-electron chi connectivity index (χ4n) is 14.6. The predicted molar refractivity (Wildman–Crippen MR) is 416 cm³/mol. The van der Waals surface area contributed by atoms with Gasteiger partial charge in [-0.15, -0.1) is 0 Å². The second-order valence-electron chi connectivity index (χ2n) is 25.2. The minimum absolute atomic E-state index is 0.0102. The maximum Gasteiger partial charge on any atom is 0.272 e. The first-order valence-electron chi connectivity index (χ1n) is 33.9. The number of hydrogen-bond donors (Lipinski definition) is 2. The molecule has 1 aliphatic carbocycles. The summed E-state index contributed by atoms with van der Waals surface area (Å²) in [6.45, 7) is 0. The largest absolute Gasteiger partial charge is 0.329 e. The van der Waals surface area contributed by atoms with Gasteiger partial charge in [-0.25, -0.2) is 9.97 Å². The Morgan fingerprint density at radius 2 is 0.728 bits per heavy atom. The van der Waals surface area contributed by atoms with Gasteiger partial charge in [0.15, 0.2) is 23.3 Å². The number of fused-ring (bicyclic) bond motifs is 12. The molecule has 2 N–H and O–H groups in total. The number of H-pyrrole nitrogens is 2. The second kappa shape index (κ2) is 26.2. The highest BCUT2D eigenvalue weighted by Gasteiger charge is 2.26. The van der Waals surface area contributed by atoms with Gasteiger partial charge < -0.3 is 19.1 Å². The Morgan fingerprint density at radius 3 is 1.25 bits per heavy atom. The number of hydrogen-bond acceptors (Lipinski definition) is 8. The van der Waals surface area contributed by atoms with Crippen LogP contribution >= 0.6 is 11.6 Å². The van der Waals surface area contributed by atoms with Gasteiger partial charge in [0.1, 0.15) is 5.52 Å². The van der Waals surface area contributed by atoms with Crippen LogP contribution in [0.5, 0.6) is 0 Å². The van der Waals surface area contributed by atoms with Crippen molar-refractivity contribution in [3.63, 3.8) is 0 Å². The summed E-state index contributed by atoms with van der Waals surface area (Å²) in [5, 5.41) is 6.77. The molecule has 1 aliphatic rings. The summed E-state index contributed by atoms with van der Waals surface area (Å²) >= 11 is 5.99. The van der Waals surface area contributed by atoms with Crippen LogP contribution in [0.15, 0.2) is 337 Å². The minimum atomic E-state index is -0.223. The zero-order chi connectivity index (χ0) is 68.9. The molecule has 7 aromatic heterocycles. The first-order chi connectivity index (χ1) is 50.8. The smallest absolute Gasteiger partial charge is 0.272 e. The number of rotatable bonds is 9. The Morgan fingerprint density at radius 1 is 0.311 bits per heavy atom. The molecule has 7 heterocycles. The monoisotopic (exact) mass is 1350 g/mol. The average molecular weight is 1350 g/mol. The van der Waals surface area contributed by atoms with Crippen molar-refractivity contribution in [2.24, 2.45) is 0 Å². The van der Waals surface area contributed by atoms with Crippen molar-refractivity contribution < 1.29 is 0 Å². The van der Waals surface area contributed by atoms with Crippen molar-refractivity contribution in [3.8, 4) is 96.3 Å². The molecule has 14 heteroatoms. The average Bonchev–Trinajstić information content (AvgIpc) is 1.58. The second-order valence-corrected chi connectivity index (χ2v) is 25.5. The number of nitrogens with zero attached hydrogens (tertiary/aromatic N) is 9.